The second-order valence-corrected chi connectivity index (χ2v) is 11.0. The molecule has 2 aromatic rings. The summed E-state index contributed by atoms with van der Waals surface area (Å²) in [6.07, 6.45) is 3.79. The molecule has 2 aliphatic rings. The van der Waals surface area contributed by atoms with Gasteiger partial charge in [0.1, 0.15) is 11.5 Å². The normalized spacial score (nSPS) is 19.0. The zero-order valence-corrected chi connectivity index (χ0v) is 25.3. The largest absolute Gasteiger partial charge is 0.507 e. The molecule has 9 heteroatoms. The summed E-state index contributed by atoms with van der Waals surface area (Å²) >= 11 is 0. The number of Topliss-reactive ketones (excluding diaryl/α,β-unsaturated/α-hetero) is 1. The van der Waals surface area contributed by atoms with Gasteiger partial charge in [-0.3, -0.25) is 14.5 Å². The van der Waals surface area contributed by atoms with Crippen molar-refractivity contribution < 1.29 is 33.6 Å². The number of amides is 1. The molecule has 0 aliphatic carbocycles. The molecule has 1 N–H and O–H groups in total. The Balaban J connectivity index is 1.67. The van der Waals surface area contributed by atoms with E-state index in [0.29, 0.717) is 61.2 Å². The number of rotatable bonds is 14. The molecule has 0 radical (unpaired) electrons. The fraction of sp³-hybridized carbons (Fsp3) is 0.515. The average molecular weight is 581 g/mol. The molecule has 1 amide bonds. The summed E-state index contributed by atoms with van der Waals surface area (Å²) in [5, 5.41) is 11.5. The lowest BCUT2D eigenvalue weighted by atomic mass is 9.95. The van der Waals surface area contributed by atoms with Crippen LogP contribution in [0.2, 0.25) is 0 Å². The van der Waals surface area contributed by atoms with Crippen molar-refractivity contribution in [3.05, 3.63) is 59.2 Å². The van der Waals surface area contributed by atoms with E-state index in [0.717, 1.165) is 38.9 Å². The Morgan fingerprint density at radius 1 is 1.00 bits per heavy atom. The number of morpholine rings is 1. The summed E-state index contributed by atoms with van der Waals surface area (Å²) < 4.78 is 22.8. The maximum atomic E-state index is 13.5. The van der Waals surface area contributed by atoms with E-state index in [1.807, 2.05) is 26.0 Å². The molecule has 9 nitrogen and oxygen atoms in total. The van der Waals surface area contributed by atoms with Crippen LogP contribution in [-0.2, 0) is 14.3 Å². The number of hydrogen-bond acceptors (Lipinski definition) is 8. The fourth-order valence-corrected chi connectivity index (χ4v) is 5.37. The summed E-state index contributed by atoms with van der Waals surface area (Å²) in [6.45, 7) is 10.8. The first kappa shape index (κ1) is 31.4. The second-order valence-electron chi connectivity index (χ2n) is 11.0. The number of carbonyl (C=O) groups is 2. The number of unbranched alkanes of at least 4 members (excludes halogenated alkanes) is 2. The van der Waals surface area contributed by atoms with E-state index >= 15 is 0 Å². The van der Waals surface area contributed by atoms with E-state index < -0.39 is 17.7 Å². The highest BCUT2D eigenvalue weighted by Crippen LogP contribution is 2.42. The Morgan fingerprint density at radius 2 is 1.74 bits per heavy atom. The third-order valence-corrected chi connectivity index (χ3v) is 7.53. The summed E-state index contributed by atoms with van der Waals surface area (Å²) in [5.41, 5.74) is 1.16. The van der Waals surface area contributed by atoms with Crippen molar-refractivity contribution in [3.8, 4) is 17.2 Å². The highest BCUT2D eigenvalue weighted by Gasteiger charge is 2.46. The molecule has 2 heterocycles. The molecule has 2 saturated heterocycles. The number of nitrogens with zero attached hydrogens (tertiary/aromatic N) is 2. The third kappa shape index (κ3) is 7.63. The van der Waals surface area contributed by atoms with Crippen molar-refractivity contribution in [3.63, 3.8) is 0 Å². The number of ether oxygens (including phenoxy) is 4. The van der Waals surface area contributed by atoms with Crippen LogP contribution < -0.4 is 14.2 Å². The number of ketones is 1. The van der Waals surface area contributed by atoms with Gasteiger partial charge < -0.3 is 29.0 Å². The lowest BCUT2D eigenvalue weighted by molar-refractivity contribution is -0.140. The van der Waals surface area contributed by atoms with Crippen molar-refractivity contribution in [2.75, 3.05) is 53.1 Å². The fourth-order valence-electron chi connectivity index (χ4n) is 5.37. The average Bonchev–Trinajstić information content (AvgIpc) is 3.24. The number of methoxy groups -OCH3 is 1. The number of hydrogen-bond donors (Lipinski definition) is 1. The number of benzene rings is 2. The van der Waals surface area contributed by atoms with Crippen LogP contribution in [-0.4, -0.2) is 85.8 Å². The lowest BCUT2D eigenvalue weighted by Gasteiger charge is -2.29. The predicted octanol–water partition coefficient (Wildman–Crippen LogP) is 5.20. The van der Waals surface area contributed by atoms with Crippen LogP contribution >= 0.6 is 0 Å². The molecule has 0 bridgehead atoms. The number of aliphatic hydroxyl groups is 1. The Labute approximate surface area is 249 Å². The topological polar surface area (TPSA) is 97.8 Å². The van der Waals surface area contributed by atoms with E-state index in [2.05, 4.69) is 11.8 Å². The minimum atomic E-state index is -0.774. The van der Waals surface area contributed by atoms with Gasteiger partial charge in [0, 0.05) is 31.7 Å². The summed E-state index contributed by atoms with van der Waals surface area (Å²) in [4.78, 5) is 30.8. The first-order chi connectivity index (χ1) is 20.3. The molecule has 2 fully saturated rings. The Bertz CT molecular complexity index is 1240. The molecule has 228 valence electrons. The van der Waals surface area contributed by atoms with Crippen LogP contribution in [0.25, 0.3) is 5.76 Å². The van der Waals surface area contributed by atoms with E-state index in [-0.39, 0.29) is 17.4 Å². The molecule has 0 saturated carbocycles. The van der Waals surface area contributed by atoms with Gasteiger partial charge in [0.2, 0.25) is 0 Å². The van der Waals surface area contributed by atoms with Crippen molar-refractivity contribution >= 4 is 17.4 Å². The van der Waals surface area contributed by atoms with Crippen molar-refractivity contribution in [2.45, 2.75) is 58.6 Å². The van der Waals surface area contributed by atoms with Gasteiger partial charge in [-0.25, -0.2) is 0 Å². The molecule has 0 aromatic heterocycles. The monoisotopic (exact) mass is 580 g/mol. The predicted molar refractivity (Wildman–Crippen MR) is 161 cm³/mol. The van der Waals surface area contributed by atoms with Crippen LogP contribution in [0.4, 0.5) is 0 Å². The molecule has 42 heavy (non-hydrogen) atoms. The molecule has 2 aliphatic heterocycles. The zero-order valence-electron chi connectivity index (χ0n) is 25.3. The van der Waals surface area contributed by atoms with Crippen LogP contribution in [0.3, 0.4) is 0 Å². The molecule has 0 spiro atoms. The van der Waals surface area contributed by atoms with Gasteiger partial charge in [-0.1, -0.05) is 25.8 Å². The van der Waals surface area contributed by atoms with Gasteiger partial charge in [-0.15, -0.1) is 0 Å². The highest BCUT2D eigenvalue weighted by atomic mass is 16.5. The standard InChI is InChI=1S/C33H44N2O7/c1-5-6-7-19-41-27-14-11-25(22-28(27)39-4)30-29(31(36)24-9-12-26(13-10-24)42-23(2)3)32(37)33(38)35(30)16-8-15-34-17-20-40-21-18-34/h9-14,22-23,30,36H,5-8,15-21H2,1-4H3/b31-29+. The van der Waals surface area contributed by atoms with Gasteiger partial charge in [0.15, 0.2) is 11.5 Å². The van der Waals surface area contributed by atoms with Crippen LogP contribution in [0, 0.1) is 0 Å². The summed E-state index contributed by atoms with van der Waals surface area (Å²) in [7, 11) is 1.57. The maximum Gasteiger partial charge on any atom is 0.295 e. The van der Waals surface area contributed by atoms with Crippen LogP contribution in [0.5, 0.6) is 17.2 Å². The van der Waals surface area contributed by atoms with Gasteiger partial charge in [0.05, 0.1) is 44.6 Å². The van der Waals surface area contributed by atoms with Gasteiger partial charge in [-0.2, -0.15) is 0 Å². The van der Waals surface area contributed by atoms with E-state index in [4.69, 9.17) is 18.9 Å². The molecule has 4 rings (SSSR count). The molecular weight excluding hydrogens is 536 g/mol. The summed E-state index contributed by atoms with van der Waals surface area (Å²) in [6, 6.07) is 11.6. The highest BCUT2D eigenvalue weighted by molar-refractivity contribution is 6.46. The van der Waals surface area contributed by atoms with Gasteiger partial charge in [0.25, 0.3) is 11.7 Å². The number of carbonyl (C=O) groups excluding carboxylic acids is 2. The van der Waals surface area contributed by atoms with E-state index in [1.54, 1.807) is 42.3 Å². The third-order valence-electron chi connectivity index (χ3n) is 7.53. The first-order valence-corrected chi connectivity index (χ1v) is 15.0. The molecule has 1 atom stereocenters. The van der Waals surface area contributed by atoms with Crippen LogP contribution in [0.15, 0.2) is 48.0 Å². The number of aliphatic hydroxyl groups excluding tert-OH is 1. The molecular formula is C33H44N2O7. The molecule has 2 aromatic carbocycles. The molecule has 1 unspecified atom stereocenters. The lowest BCUT2D eigenvalue weighted by Crippen LogP contribution is -2.39. The quantitative estimate of drug-likeness (QED) is 0.141. The Kier molecular flexibility index (Phi) is 11.3. The second kappa shape index (κ2) is 15.1. The van der Waals surface area contributed by atoms with Crippen molar-refractivity contribution in [1.29, 1.82) is 0 Å². The van der Waals surface area contributed by atoms with E-state index in [9.17, 15) is 14.7 Å². The first-order valence-electron chi connectivity index (χ1n) is 15.0. The maximum absolute atomic E-state index is 13.5. The minimum absolute atomic E-state index is 0.000750. The summed E-state index contributed by atoms with van der Waals surface area (Å²) in [5.74, 6) is 0.220. The van der Waals surface area contributed by atoms with E-state index in [1.165, 1.54) is 0 Å². The Morgan fingerprint density at radius 3 is 2.40 bits per heavy atom. The Hall–Kier alpha value is -3.56. The van der Waals surface area contributed by atoms with Crippen molar-refractivity contribution in [1.82, 2.24) is 9.80 Å². The van der Waals surface area contributed by atoms with Gasteiger partial charge >= 0.3 is 0 Å². The van der Waals surface area contributed by atoms with Crippen molar-refractivity contribution in [2.24, 2.45) is 0 Å². The SMILES string of the molecule is CCCCCOc1ccc(C2/C(=C(\O)c3ccc(OC(C)C)cc3)C(=O)C(=O)N2CCCN2CCOCC2)cc1OC. The van der Waals surface area contributed by atoms with Crippen LogP contribution in [0.1, 0.15) is 63.6 Å². The zero-order chi connectivity index (χ0) is 30.1. The minimum Gasteiger partial charge on any atom is -0.507 e. The smallest absolute Gasteiger partial charge is 0.295 e. The van der Waals surface area contributed by atoms with Gasteiger partial charge in [-0.05, 0) is 68.7 Å². The number of likely N-dealkylation sites (tertiary alicyclic amines) is 1.